The molecule has 0 saturated heterocycles. The van der Waals surface area contributed by atoms with Gasteiger partial charge in [-0.2, -0.15) is 0 Å². The van der Waals surface area contributed by atoms with Crippen LogP contribution >= 0.6 is 11.6 Å². The summed E-state index contributed by atoms with van der Waals surface area (Å²) in [5.41, 5.74) is 1.33. The summed E-state index contributed by atoms with van der Waals surface area (Å²) in [5.74, 6) is 0.827. The zero-order chi connectivity index (χ0) is 15.3. The highest BCUT2D eigenvalue weighted by Gasteiger charge is 2.25. The minimum absolute atomic E-state index is 0.0242. The third-order valence-electron chi connectivity index (χ3n) is 3.38. The van der Waals surface area contributed by atoms with Gasteiger partial charge in [0.05, 0.1) is 18.8 Å². The molecule has 1 unspecified atom stereocenters. The van der Waals surface area contributed by atoms with Gasteiger partial charge in [0.25, 0.3) is 0 Å². The first-order valence-electron chi connectivity index (χ1n) is 6.95. The fourth-order valence-corrected chi connectivity index (χ4v) is 2.27. The molecule has 0 spiro atoms. The Balaban J connectivity index is 2.21. The van der Waals surface area contributed by atoms with Crippen molar-refractivity contribution in [3.63, 3.8) is 0 Å². The molecular formula is C17H20ClNO2. The normalized spacial score (nSPS) is 13.5. The van der Waals surface area contributed by atoms with Crippen molar-refractivity contribution in [2.45, 2.75) is 19.4 Å². The van der Waals surface area contributed by atoms with Crippen LogP contribution in [0.5, 0.6) is 5.75 Å². The molecule has 2 rings (SSSR count). The number of aliphatic hydroxyl groups excluding tert-OH is 1. The topological polar surface area (TPSA) is 41.5 Å². The number of benzene rings is 2. The summed E-state index contributed by atoms with van der Waals surface area (Å²) < 4.78 is 5.44. The molecule has 0 aliphatic heterocycles. The van der Waals surface area contributed by atoms with E-state index in [-0.39, 0.29) is 6.61 Å². The van der Waals surface area contributed by atoms with E-state index in [4.69, 9.17) is 16.3 Å². The lowest BCUT2D eigenvalue weighted by Gasteiger charge is -2.30. The van der Waals surface area contributed by atoms with Gasteiger partial charge in [-0.25, -0.2) is 0 Å². The summed E-state index contributed by atoms with van der Waals surface area (Å²) >= 11 is 5.89. The minimum Gasteiger partial charge on any atom is -0.494 e. The van der Waals surface area contributed by atoms with Crippen molar-refractivity contribution in [1.82, 2.24) is 0 Å². The van der Waals surface area contributed by atoms with E-state index in [0.717, 1.165) is 17.0 Å². The van der Waals surface area contributed by atoms with Gasteiger partial charge >= 0.3 is 0 Å². The van der Waals surface area contributed by atoms with E-state index in [1.807, 2.05) is 62.4 Å². The highest BCUT2D eigenvalue weighted by atomic mass is 35.5. The van der Waals surface area contributed by atoms with E-state index < -0.39 is 5.54 Å². The second-order valence-electron chi connectivity index (χ2n) is 5.08. The minimum atomic E-state index is -0.571. The third-order valence-corrected chi connectivity index (χ3v) is 3.64. The first kappa shape index (κ1) is 15.7. The molecule has 4 heteroatoms. The van der Waals surface area contributed by atoms with Gasteiger partial charge in [-0.15, -0.1) is 0 Å². The molecule has 1 atom stereocenters. The SMILES string of the molecule is CCOc1ccc(C(C)(CO)Nc2ccc(Cl)cc2)cc1. The number of ether oxygens (including phenoxy) is 1. The maximum Gasteiger partial charge on any atom is 0.119 e. The molecule has 0 amide bonds. The molecule has 0 aromatic heterocycles. The van der Waals surface area contributed by atoms with Crippen LogP contribution in [0.15, 0.2) is 48.5 Å². The number of halogens is 1. The number of nitrogens with one attached hydrogen (secondary N) is 1. The zero-order valence-corrected chi connectivity index (χ0v) is 13.0. The van der Waals surface area contributed by atoms with Crippen LogP contribution in [0.3, 0.4) is 0 Å². The molecule has 0 saturated carbocycles. The van der Waals surface area contributed by atoms with E-state index in [9.17, 15) is 5.11 Å². The number of anilines is 1. The summed E-state index contributed by atoms with van der Waals surface area (Å²) in [7, 11) is 0. The van der Waals surface area contributed by atoms with Gasteiger partial charge in [0.15, 0.2) is 0 Å². The molecule has 2 aromatic rings. The average Bonchev–Trinajstić information content (AvgIpc) is 2.50. The molecule has 0 radical (unpaired) electrons. The second-order valence-corrected chi connectivity index (χ2v) is 5.52. The fraction of sp³-hybridized carbons (Fsp3) is 0.294. The highest BCUT2D eigenvalue weighted by molar-refractivity contribution is 6.30. The van der Waals surface area contributed by atoms with Gasteiger partial charge in [0, 0.05) is 10.7 Å². The maximum atomic E-state index is 9.81. The lowest BCUT2D eigenvalue weighted by Crippen LogP contribution is -2.35. The lowest BCUT2D eigenvalue weighted by atomic mass is 9.92. The van der Waals surface area contributed by atoms with Crippen LogP contribution < -0.4 is 10.1 Å². The molecule has 3 nitrogen and oxygen atoms in total. The van der Waals surface area contributed by atoms with Gasteiger partial charge in [-0.1, -0.05) is 23.7 Å². The van der Waals surface area contributed by atoms with Crippen molar-refractivity contribution >= 4 is 17.3 Å². The van der Waals surface area contributed by atoms with Crippen molar-refractivity contribution < 1.29 is 9.84 Å². The largest absolute Gasteiger partial charge is 0.494 e. The standard InChI is InChI=1S/C17H20ClNO2/c1-3-21-16-10-4-13(5-11-16)17(2,12-20)19-15-8-6-14(18)7-9-15/h4-11,19-20H,3,12H2,1-2H3. The highest BCUT2D eigenvalue weighted by Crippen LogP contribution is 2.28. The number of rotatable bonds is 6. The molecule has 21 heavy (non-hydrogen) atoms. The number of hydrogen-bond acceptors (Lipinski definition) is 3. The van der Waals surface area contributed by atoms with Crippen LogP contribution in [0.2, 0.25) is 5.02 Å². The summed E-state index contributed by atoms with van der Waals surface area (Å²) in [5, 5.41) is 13.8. The predicted molar refractivity (Wildman–Crippen MR) is 87.1 cm³/mol. The number of aliphatic hydroxyl groups is 1. The average molecular weight is 306 g/mol. The Bertz CT molecular complexity index is 568. The summed E-state index contributed by atoms with van der Waals surface area (Å²) in [6, 6.07) is 15.2. The molecular weight excluding hydrogens is 286 g/mol. The fourth-order valence-electron chi connectivity index (χ4n) is 2.14. The van der Waals surface area contributed by atoms with E-state index in [0.29, 0.717) is 11.6 Å². The van der Waals surface area contributed by atoms with Crippen LogP contribution in [-0.2, 0) is 5.54 Å². The van der Waals surface area contributed by atoms with Gasteiger partial charge in [-0.3, -0.25) is 0 Å². The van der Waals surface area contributed by atoms with E-state index >= 15 is 0 Å². The molecule has 0 heterocycles. The van der Waals surface area contributed by atoms with Crippen LogP contribution in [0, 0.1) is 0 Å². The van der Waals surface area contributed by atoms with E-state index in [1.54, 1.807) is 0 Å². The lowest BCUT2D eigenvalue weighted by molar-refractivity contribution is 0.224. The Morgan fingerprint density at radius 2 is 1.71 bits per heavy atom. The Labute approximate surface area is 130 Å². The van der Waals surface area contributed by atoms with Crippen molar-refractivity contribution in [3.8, 4) is 5.75 Å². The van der Waals surface area contributed by atoms with E-state index in [2.05, 4.69) is 5.32 Å². The molecule has 0 aliphatic rings. The number of hydrogen-bond donors (Lipinski definition) is 2. The molecule has 2 N–H and O–H groups in total. The molecule has 0 fully saturated rings. The van der Waals surface area contributed by atoms with Gasteiger partial charge < -0.3 is 15.2 Å². The zero-order valence-electron chi connectivity index (χ0n) is 12.3. The van der Waals surface area contributed by atoms with Gasteiger partial charge in [0.1, 0.15) is 5.75 Å². The molecule has 0 aliphatic carbocycles. The Morgan fingerprint density at radius 3 is 2.24 bits per heavy atom. The van der Waals surface area contributed by atoms with Crippen molar-refractivity contribution in [2.75, 3.05) is 18.5 Å². The van der Waals surface area contributed by atoms with Crippen LogP contribution in [0.25, 0.3) is 0 Å². The predicted octanol–water partition coefficient (Wildman–Crippen LogP) is 4.06. The molecule has 0 bridgehead atoms. The second kappa shape index (κ2) is 6.83. The monoisotopic (exact) mass is 305 g/mol. The van der Waals surface area contributed by atoms with Crippen molar-refractivity contribution in [1.29, 1.82) is 0 Å². The first-order chi connectivity index (χ1) is 10.1. The smallest absolute Gasteiger partial charge is 0.119 e. The van der Waals surface area contributed by atoms with Crippen molar-refractivity contribution in [2.24, 2.45) is 0 Å². The first-order valence-corrected chi connectivity index (χ1v) is 7.33. The third kappa shape index (κ3) is 3.90. The molecule has 112 valence electrons. The van der Waals surface area contributed by atoms with E-state index in [1.165, 1.54) is 0 Å². The van der Waals surface area contributed by atoms with Gasteiger partial charge in [0.2, 0.25) is 0 Å². The summed E-state index contributed by atoms with van der Waals surface area (Å²) in [6.45, 7) is 4.52. The summed E-state index contributed by atoms with van der Waals surface area (Å²) in [4.78, 5) is 0. The Kier molecular flexibility index (Phi) is 5.10. The van der Waals surface area contributed by atoms with Gasteiger partial charge in [-0.05, 0) is 55.8 Å². The van der Waals surface area contributed by atoms with Crippen molar-refractivity contribution in [3.05, 3.63) is 59.1 Å². The van der Waals surface area contributed by atoms with Crippen LogP contribution in [-0.4, -0.2) is 18.3 Å². The quantitative estimate of drug-likeness (QED) is 0.845. The van der Waals surface area contributed by atoms with Crippen LogP contribution in [0.1, 0.15) is 19.4 Å². The maximum absolute atomic E-state index is 9.81. The summed E-state index contributed by atoms with van der Waals surface area (Å²) in [6.07, 6.45) is 0. The molecule has 2 aromatic carbocycles. The van der Waals surface area contributed by atoms with Crippen LogP contribution in [0.4, 0.5) is 5.69 Å². The Hall–Kier alpha value is -1.71. The Morgan fingerprint density at radius 1 is 1.10 bits per heavy atom.